The maximum Gasteiger partial charge on any atom is 0.211 e. The third kappa shape index (κ3) is 4.00. The molecule has 2 aliphatic rings. The van der Waals surface area contributed by atoms with E-state index in [2.05, 4.69) is 34.9 Å². The first-order chi connectivity index (χ1) is 13.7. The van der Waals surface area contributed by atoms with Gasteiger partial charge in [-0.2, -0.15) is 0 Å². The second-order valence-corrected chi connectivity index (χ2v) is 12.4. The van der Waals surface area contributed by atoms with Crippen molar-refractivity contribution in [3.05, 3.63) is 22.6 Å². The van der Waals surface area contributed by atoms with Crippen molar-refractivity contribution in [1.82, 2.24) is 19.1 Å². The van der Waals surface area contributed by atoms with Crippen LogP contribution < -0.4 is 9.62 Å². The normalized spacial score (nSPS) is 23.2. The summed E-state index contributed by atoms with van der Waals surface area (Å²) in [5.41, 5.74) is 2.29. The lowest BCUT2D eigenvalue weighted by atomic mass is 9.70. The van der Waals surface area contributed by atoms with Crippen LogP contribution in [0.1, 0.15) is 58.6 Å². The maximum atomic E-state index is 12.5. The van der Waals surface area contributed by atoms with E-state index >= 15 is 0 Å². The highest BCUT2D eigenvalue weighted by atomic mass is 79.9. The van der Waals surface area contributed by atoms with Crippen LogP contribution >= 0.6 is 15.9 Å². The molecular formula is C21H32BrN5OS. The Labute approximate surface area is 184 Å². The minimum Gasteiger partial charge on any atom is -0.342 e. The van der Waals surface area contributed by atoms with Crippen LogP contribution in [0.5, 0.6) is 0 Å². The Morgan fingerprint density at radius 2 is 2.03 bits per heavy atom. The van der Waals surface area contributed by atoms with Crippen LogP contribution in [-0.4, -0.2) is 43.0 Å². The number of halogens is 1. The quantitative estimate of drug-likeness (QED) is 0.708. The summed E-state index contributed by atoms with van der Waals surface area (Å²) < 4.78 is 18.6. The molecule has 1 N–H and O–H groups in total. The molecule has 2 aromatic heterocycles. The van der Waals surface area contributed by atoms with E-state index in [1.807, 2.05) is 40.1 Å². The number of aryl methyl sites for hydroxylation is 1. The highest BCUT2D eigenvalue weighted by molar-refractivity contribution is 9.10. The highest BCUT2D eigenvalue weighted by Crippen LogP contribution is 2.50. The van der Waals surface area contributed by atoms with Gasteiger partial charge in [-0.25, -0.2) is 18.9 Å². The molecule has 2 fully saturated rings. The van der Waals surface area contributed by atoms with Crippen molar-refractivity contribution >= 4 is 38.5 Å². The summed E-state index contributed by atoms with van der Waals surface area (Å²) in [4.78, 5) is 11.8. The predicted octanol–water partition coefficient (Wildman–Crippen LogP) is 4.24. The Hall–Kier alpha value is -0.990. The molecule has 8 heteroatoms. The first kappa shape index (κ1) is 21.2. The van der Waals surface area contributed by atoms with E-state index in [4.69, 9.17) is 4.98 Å². The smallest absolute Gasteiger partial charge is 0.211 e. The zero-order valence-corrected chi connectivity index (χ0v) is 20.3. The fourth-order valence-corrected chi connectivity index (χ4v) is 6.17. The van der Waals surface area contributed by atoms with Crippen LogP contribution in [0.25, 0.3) is 5.65 Å². The number of rotatable bonds is 4. The molecule has 0 radical (unpaired) electrons. The zero-order valence-electron chi connectivity index (χ0n) is 17.9. The lowest BCUT2D eigenvalue weighted by molar-refractivity contribution is 0.151. The van der Waals surface area contributed by atoms with E-state index in [-0.39, 0.29) is 4.75 Å². The maximum absolute atomic E-state index is 12.5. The molecule has 160 valence electrons. The zero-order chi connectivity index (χ0) is 20.8. The van der Waals surface area contributed by atoms with Crippen LogP contribution in [0.4, 0.5) is 5.95 Å². The molecule has 1 aliphatic carbocycles. The third-order valence-electron chi connectivity index (χ3n) is 6.79. The SMILES string of the molecule is Cc1nc(N2CCC3(CCCC3CN[S@](=O)C(C)(C)C)CC2)n2ccnc2c1Br. The highest BCUT2D eigenvalue weighted by Gasteiger charge is 2.45. The summed E-state index contributed by atoms with van der Waals surface area (Å²) in [7, 11) is -0.992. The number of imidazole rings is 1. The van der Waals surface area contributed by atoms with Gasteiger partial charge in [0, 0.05) is 32.0 Å². The fourth-order valence-electron chi connectivity index (χ4n) is 5.00. The predicted molar refractivity (Wildman–Crippen MR) is 123 cm³/mol. The van der Waals surface area contributed by atoms with Gasteiger partial charge in [-0.15, -0.1) is 0 Å². The lowest BCUT2D eigenvalue weighted by Crippen LogP contribution is -2.46. The topological polar surface area (TPSA) is 62.5 Å². The molecule has 1 spiro atoms. The van der Waals surface area contributed by atoms with Crippen molar-refractivity contribution in [3.8, 4) is 0 Å². The summed E-state index contributed by atoms with van der Waals surface area (Å²) in [5, 5.41) is 0. The summed E-state index contributed by atoms with van der Waals surface area (Å²) in [6, 6.07) is 0. The lowest BCUT2D eigenvalue weighted by Gasteiger charge is -2.44. The van der Waals surface area contributed by atoms with Gasteiger partial charge in [0.25, 0.3) is 0 Å². The average molecular weight is 482 g/mol. The Kier molecular flexibility index (Phi) is 5.81. The van der Waals surface area contributed by atoms with Crippen molar-refractivity contribution < 1.29 is 4.21 Å². The van der Waals surface area contributed by atoms with Gasteiger partial charge in [0.2, 0.25) is 5.95 Å². The largest absolute Gasteiger partial charge is 0.342 e. The monoisotopic (exact) mass is 481 g/mol. The fraction of sp³-hybridized carbons (Fsp3) is 0.714. The Morgan fingerprint density at radius 3 is 2.72 bits per heavy atom. The molecule has 0 amide bonds. The van der Waals surface area contributed by atoms with Gasteiger partial charge in [-0.1, -0.05) is 6.42 Å². The molecule has 29 heavy (non-hydrogen) atoms. The molecule has 0 bridgehead atoms. The molecule has 4 rings (SSSR count). The van der Waals surface area contributed by atoms with Gasteiger partial charge in [0.1, 0.15) is 0 Å². The van der Waals surface area contributed by atoms with Crippen molar-refractivity contribution in [1.29, 1.82) is 0 Å². The summed E-state index contributed by atoms with van der Waals surface area (Å²) >= 11 is 3.62. The van der Waals surface area contributed by atoms with E-state index in [1.54, 1.807) is 0 Å². The number of anilines is 1. The van der Waals surface area contributed by atoms with Gasteiger partial charge < -0.3 is 4.90 Å². The molecule has 2 atom stereocenters. The van der Waals surface area contributed by atoms with Gasteiger partial charge in [0.15, 0.2) is 5.65 Å². The van der Waals surface area contributed by atoms with Gasteiger partial charge in [-0.05, 0) is 80.6 Å². The molecule has 1 saturated carbocycles. The second-order valence-electron chi connectivity index (χ2n) is 9.60. The molecule has 0 aromatic carbocycles. The molecule has 2 aromatic rings. The number of fused-ring (bicyclic) bond motifs is 1. The van der Waals surface area contributed by atoms with E-state index in [0.29, 0.717) is 11.3 Å². The number of aromatic nitrogens is 3. The van der Waals surface area contributed by atoms with Crippen LogP contribution in [0, 0.1) is 18.3 Å². The molecule has 1 aliphatic heterocycles. The van der Waals surface area contributed by atoms with Gasteiger partial charge >= 0.3 is 0 Å². The average Bonchev–Trinajstić information content (AvgIpc) is 3.31. The van der Waals surface area contributed by atoms with Crippen molar-refractivity contribution in [2.75, 3.05) is 24.5 Å². The summed E-state index contributed by atoms with van der Waals surface area (Å²) in [6.07, 6.45) is 10.0. The molecule has 1 unspecified atom stereocenters. The van der Waals surface area contributed by atoms with E-state index in [9.17, 15) is 4.21 Å². The number of nitrogens with one attached hydrogen (secondary N) is 1. The summed E-state index contributed by atoms with van der Waals surface area (Å²) in [6.45, 7) is 11.0. The van der Waals surface area contributed by atoms with Crippen molar-refractivity contribution in [2.24, 2.45) is 11.3 Å². The minimum atomic E-state index is -0.992. The van der Waals surface area contributed by atoms with Gasteiger partial charge in [0.05, 0.1) is 25.9 Å². The number of piperidine rings is 1. The van der Waals surface area contributed by atoms with E-state index in [1.165, 1.54) is 32.1 Å². The molecule has 3 heterocycles. The number of nitrogens with zero attached hydrogens (tertiary/aromatic N) is 4. The molecule has 6 nitrogen and oxygen atoms in total. The Morgan fingerprint density at radius 1 is 1.31 bits per heavy atom. The van der Waals surface area contributed by atoms with E-state index in [0.717, 1.165) is 41.4 Å². The van der Waals surface area contributed by atoms with Crippen LogP contribution in [0.2, 0.25) is 0 Å². The number of hydrogen-bond donors (Lipinski definition) is 1. The van der Waals surface area contributed by atoms with Crippen molar-refractivity contribution in [3.63, 3.8) is 0 Å². The molecular weight excluding hydrogens is 450 g/mol. The Bertz CT molecular complexity index is 914. The number of hydrogen-bond acceptors (Lipinski definition) is 4. The first-order valence-electron chi connectivity index (χ1n) is 10.6. The first-order valence-corrected chi connectivity index (χ1v) is 12.5. The second kappa shape index (κ2) is 7.93. The van der Waals surface area contributed by atoms with E-state index < -0.39 is 11.0 Å². The van der Waals surface area contributed by atoms with Crippen LogP contribution in [0.15, 0.2) is 16.9 Å². The molecule has 1 saturated heterocycles. The standard InChI is InChI=1S/C21H32BrN5OS/c1-15-17(22)18-23-10-13-27(18)19(25-15)26-11-8-21(9-12-26)7-5-6-16(21)14-24-29(28)20(2,3)4/h10,13,16,24H,5-9,11-12,14H2,1-4H3/t16?,29-/m1/s1. The van der Waals surface area contributed by atoms with Gasteiger partial charge in [-0.3, -0.25) is 4.40 Å². The van der Waals surface area contributed by atoms with Crippen LogP contribution in [0.3, 0.4) is 0 Å². The minimum absolute atomic E-state index is 0.212. The summed E-state index contributed by atoms with van der Waals surface area (Å²) in [5.74, 6) is 1.61. The van der Waals surface area contributed by atoms with Crippen LogP contribution in [-0.2, 0) is 11.0 Å². The van der Waals surface area contributed by atoms with Crippen molar-refractivity contribution in [2.45, 2.75) is 64.5 Å². The Balaban J connectivity index is 1.47. The third-order valence-corrected chi connectivity index (χ3v) is 9.26.